The minimum Gasteiger partial charge on any atom is -0.480 e. The molecule has 3 rings (SSSR count). The molecule has 118 valence electrons. The van der Waals surface area contributed by atoms with Gasteiger partial charge in [-0.05, 0) is 42.5 Å². The maximum atomic E-state index is 12.1. The van der Waals surface area contributed by atoms with Crippen molar-refractivity contribution < 1.29 is 19.4 Å². The third kappa shape index (κ3) is 2.57. The smallest absolute Gasteiger partial charge is 0.324 e. The highest BCUT2D eigenvalue weighted by molar-refractivity contribution is 6.34. The lowest BCUT2D eigenvalue weighted by Crippen LogP contribution is -2.49. The maximum Gasteiger partial charge on any atom is 0.324 e. The van der Waals surface area contributed by atoms with Crippen LogP contribution in [0.25, 0.3) is 0 Å². The monoisotopic (exact) mass is 343 g/mol. The first-order valence-corrected chi connectivity index (χ1v) is 7.72. The molecular formula is C15H15Cl2NO4. The third-order valence-electron chi connectivity index (χ3n) is 4.63. The topological polar surface area (TPSA) is 89.6 Å². The standard InChI is InChI=1S/C15H15Cl2NO4/c16-8-3-7(4-9(17)5-8)6-22-13(19)11-10-1-2-15(18,12(10)11)14(20)21/h3-5,10-12H,1-2,6,18H2,(H,20,21). The first-order valence-electron chi connectivity index (χ1n) is 6.97. The second kappa shape index (κ2) is 5.41. The third-order valence-corrected chi connectivity index (χ3v) is 5.06. The molecule has 2 fully saturated rings. The van der Waals surface area contributed by atoms with Crippen LogP contribution in [0, 0.1) is 17.8 Å². The number of esters is 1. The Labute approximate surface area is 137 Å². The number of carbonyl (C=O) groups is 2. The van der Waals surface area contributed by atoms with Crippen LogP contribution in [-0.4, -0.2) is 22.6 Å². The summed E-state index contributed by atoms with van der Waals surface area (Å²) in [6.45, 7) is 0.0553. The fraction of sp³-hybridized carbons (Fsp3) is 0.467. The van der Waals surface area contributed by atoms with E-state index in [0.29, 0.717) is 28.5 Å². The summed E-state index contributed by atoms with van der Waals surface area (Å²) in [4.78, 5) is 23.4. The molecule has 0 amide bonds. The number of aliphatic carboxylic acids is 1. The van der Waals surface area contributed by atoms with Crippen LogP contribution in [0.1, 0.15) is 18.4 Å². The van der Waals surface area contributed by atoms with E-state index in [2.05, 4.69) is 0 Å². The fourth-order valence-corrected chi connectivity index (χ4v) is 4.09. The Morgan fingerprint density at radius 3 is 2.55 bits per heavy atom. The summed E-state index contributed by atoms with van der Waals surface area (Å²) in [5.74, 6) is -2.15. The minimum absolute atomic E-state index is 0.0246. The Balaban J connectivity index is 1.62. The predicted octanol–water partition coefficient (Wildman–Crippen LogP) is 2.47. The van der Waals surface area contributed by atoms with Crippen LogP contribution < -0.4 is 5.73 Å². The summed E-state index contributed by atoms with van der Waals surface area (Å²) >= 11 is 11.8. The van der Waals surface area contributed by atoms with Gasteiger partial charge in [-0.2, -0.15) is 0 Å². The SMILES string of the molecule is NC1(C(=O)O)CCC2C(C(=O)OCc3cc(Cl)cc(Cl)c3)C21. The quantitative estimate of drug-likeness (QED) is 0.819. The summed E-state index contributed by atoms with van der Waals surface area (Å²) in [6, 6.07) is 4.92. The molecule has 1 aromatic rings. The lowest BCUT2D eigenvalue weighted by Gasteiger charge is -2.21. The van der Waals surface area contributed by atoms with Gasteiger partial charge in [-0.3, -0.25) is 9.59 Å². The Morgan fingerprint density at radius 2 is 1.95 bits per heavy atom. The zero-order valence-electron chi connectivity index (χ0n) is 11.6. The Bertz CT molecular complexity index is 630. The molecule has 22 heavy (non-hydrogen) atoms. The number of rotatable bonds is 4. The van der Waals surface area contributed by atoms with E-state index in [1.165, 1.54) is 0 Å². The van der Waals surface area contributed by atoms with Crippen molar-refractivity contribution in [2.24, 2.45) is 23.5 Å². The molecule has 4 unspecified atom stereocenters. The molecule has 2 aliphatic rings. The Hall–Kier alpha value is -1.30. The van der Waals surface area contributed by atoms with E-state index in [0.717, 1.165) is 0 Å². The molecule has 7 heteroatoms. The van der Waals surface area contributed by atoms with E-state index in [4.69, 9.17) is 33.7 Å². The fourth-order valence-electron chi connectivity index (χ4n) is 3.52. The molecule has 2 aliphatic carbocycles. The van der Waals surface area contributed by atoms with Crippen LogP contribution in [0.3, 0.4) is 0 Å². The van der Waals surface area contributed by atoms with E-state index >= 15 is 0 Å². The van der Waals surface area contributed by atoms with Crippen LogP contribution in [0.4, 0.5) is 0 Å². The first-order chi connectivity index (χ1) is 10.3. The minimum atomic E-state index is -1.30. The summed E-state index contributed by atoms with van der Waals surface area (Å²) in [5.41, 5.74) is 5.31. The number of carboxylic acid groups (broad SMARTS) is 1. The number of fused-ring (bicyclic) bond motifs is 1. The van der Waals surface area contributed by atoms with E-state index < -0.39 is 23.4 Å². The van der Waals surface area contributed by atoms with Gasteiger partial charge in [-0.25, -0.2) is 0 Å². The summed E-state index contributed by atoms with van der Waals surface area (Å²) in [7, 11) is 0. The average molecular weight is 344 g/mol. The molecule has 0 spiro atoms. The number of halogens is 2. The number of hydrogen-bond donors (Lipinski definition) is 2. The van der Waals surface area contributed by atoms with Crippen LogP contribution in [-0.2, 0) is 20.9 Å². The number of hydrogen-bond acceptors (Lipinski definition) is 4. The van der Waals surface area contributed by atoms with Gasteiger partial charge in [0, 0.05) is 16.0 Å². The molecule has 4 atom stereocenters. The van der Waals surface area contributed by atoms with Gasteiger partial charge >= 0.3 is 11.9 Å². The lowest BCUT2D eigenvalue weighted by atomic mass is 9.92. The molecule has 1 aromatic carbocycles. The van der Waals surface area contributed by atoms with Crippen molar-refractivity contribution in [2.75, 3.05) is 0 Å². The molecule has 5 nitrogen and oxygen atoms in total. The molecule has 0 aromatic heterocycles. The van der Waals surface area contributed by atoms with Gasteiger partial charge in [0.25, 0.3) is 0 Å². The maximum absolute atomic E-state index is 12.1. The number of benzene rings is 1. The highest BCUT2D eigenvalue weighted by atomic mass is 35.5. The molecule has 0 saturated heterocycles. The van der Waals surface area contributed by atoms with Crippen molar-refractivity contribution in [3.8, 4) is 0 Å². The molecule has 3 N–H and O–H groups in total. The largest absolute Gasteiger partial charge is 0.480 e. The van der Waals surface area contributed by atoms with Gasteiger partial charge in [0.05, 0.1) is 5.92 Å². The Kier molecular flexibility index (Phi) is 3.83. The van der Waals surface area contributed by atoms with Crippen LogP contribution >= 0.6 is 23.2 Å². The summed E-state index contributed by atoms with van der Waals surface area (Å²) < 4.78 is 5.27. The van der Waals surface area contributed by atoms with Gasteiger partial charge in [0.15, 0.2) is 0 Å². The van der Waals surface area contributed by atoms with Crippen molar-refractivity contribution in [1.29, 1.82) is 0 Å². The zero-order valence-corrected chi connectivity index (χ0v) is 13.1. The number of ether oxygens (including phenoxy) is 1. The van der Waals surface area contributed by atoms with Gasteiger partial charge in [0.1, 0.15) is 12.1 Å². The van der Waals surface area contributed by atoms with Crippen molar-refractivity contribution in [1.82, 2.24) is 0 Å². The average Bonchev–Trinajstić information content (AvgIpc) is 3.06. The highest BCUT2D eigenvalue weighted by Crippen LogP contribution is 2.61. The van der Waals surface area contributed by atoms with Gasteiger partial charge < -0.3 is 15.6 Å². The van der Waals surface area contributed by atoms with Gasteiger partial charge in [-0.1, -0.05) is 23.2 Å². The van der Waals surface area contributed by atoms with Crippen LogP contribution in [0.5, 0.6) is 0 Å². The van der Waals surface area contributed by atoms with E-state index in [1.54, 1.807) is 18.2 Å². The number of nitrogens with two attached hydrogens (primary N) is 1. The summed E-state index contributed by atoms with van der Waals surface area (Å²) in [5, 5.41) is 10.2. The molecule has 0 bridgehead atoms. The van der Waals surface area contributed by atoms with Crippen molar-refractivity contribution >= 4 is 35.1 Å². The first kappa shape index (κ1) is 15.6. The second-order valence-electron chi connectivity index (χ2n) is 5.99. The van der Waals surface area contributed by atoms with E-state index in [-0.39, 0.29) is 18.4 Å². The normalized spacial score (nSPS) is 32.4. The zero-order chi connectivity index (χ0) is 16.1. The number of carbonyl (C=O) groups excluding carboxylic acids is 1. The second-order valence-corrected chi connectivity index (χ2v) is 6.86. The molecule has 0 heterocycles. The lowest BCUT2D eigenvalue weighted by molar-refractivity contribution is -0.149. The van der Waals surface area contributed by atoms with Crippen molar-refractivity contribution in [3.05, 3.63) is 33.8 Å². The predicted molar refractivity (Wildman–Crippen MR) is 80.5 cm³/mol. The summed E-state index contributed by atoms with van der Waals surface area (Å²) in [6.07, 6.45) is 1.06. The molecule has 0 aliphatic heterocycles. The van der Waals surface area contributed by atoms with E-state index in [9.17, 15) is 14.7 Å². The molecular weight excluding hydrogens is 329 g/mol. The van der Waals surface area contributed by atoms with Crippen molar-refractivity contribution in [3.63, 3.8) is 0 Å². The molecule has 0 radical (unpaired) electrons. The van der Waals surface area contributed by atoms with Gasteiger partial charge in [0.2, 0.25) is 0 Å². The number of carboxylic acids is 1. The van der Waals surface area contributed by atoms with Crippen LogP contribution in [0.15, 0.2) is 18.2 Å². The van der Waals surface area contributed by atoms with E-state index in [1.807, 2.05) is 0 Å². The van der Waals surface area contributed by atoms with Gasteiger partial charge in [-0.15, -0.1) is 0 Å². The molecule has 2 saturated carbocycles. The highest BCUT2D eigenvalue weighted by Gasteiger charge is 2.70. The van der Waals surface area contributed by atoms with Crippen molar-refractivity contribution in [2.45, 2.75) is 25.0 Å². The Morgan fingerprint density at radius 1 is 1.32 bits per heavy atom. The van der Waals surface area contributed by atoms with Crippen LogP contribution in [0.2, 0.25) is 10.0 Å².